The lowest BCUT2D eigenvalue weighted by molar-refractivity contribution is -0.130. The van der Waals surface area contributed by atoms with Gasteiger partial charge in [-0.05, 0) is 31.2 Å². The van der Waals surface area contributed by atoms with Crippen LogP contribution in [-0.2, 0) is 17.8 Å². The van der Waals surface area contributed by atoms with Crippen molar-refractivity contribution in [1.29, 1.82) is 0 Å². The summed E-state index contributed by atoms with van der Waals surface area (Å²) in [5.41, 5.74) is -0.0487. The van der Waals surface area contributed by atoms with E-state index < -0.39 is 0 Å². The highest BCUT2D eigenvalue weighted by Crippen LogP contribution is 2.26. The van der Waals surface area contributed by atoms with Crippen molar-refractivity contribution in [2.24, 2.45) is 5.92 Å². The molecule has 0 N–H and O–H groups in total. The van der Waals surface area contributed by atoms with Crippen molar-refractivity contribution in [1.82, 2.24) is 14.5 Å². The zero-order valence-electron chi connectivity index (χ0n) is 15.4. The fourth-order valence-electron chi connectivity index (χ4n) is 3.26. The molecule has 140 valence electrons. The largest absolute Gasteiger partial charge is 0.342 e. The van der Waals surface area contributed by atoms with Crippen LogP contribution in [0.3, 0.4) is 0 Å². The van der Waals surface area contributed by atoms with E-state index in [-0.39, 0.29) is 11.5 Å². The van der Waals surface area contributed by atoms with E-state index in [1.165, 1.54) is 18.2 Å². The molecule has 3 heterocycles. The molecule has 2 aromatic rings. The number of thiophene rings is 1. The molecule has 0 aliphatic carbocycles. The number of fused-ring (bicyclic) bond motifs is 1. The minimum atomic E-state index is -0.0487. The molecule has 5 nitrogen and oxygen atoms in total. The number of aromatic nitrogens is 2. The second kappa shape index (κ2) is 8.39. The van der Waals surface area contributed by atoms with E-state index in [1.54, 1.807) is 22.0 Å². The van der Waals surface area contributed by atoms with Crippen molar-refractivity contribution < 1.29 is 4.79 Å². The molecule has 1 saturated heterocycles. The van der Waals surface area contributed by atoms with Crippen molar-refractivity contribution in [2.75, 3.05) is 18.8 Å². The predicted octanol–water partition coefficient (Wildman–Crippen LogP) is 3.56. The second-order valence-electron chi connectivity index (χ2n) is 6.76. The van der Waals surface area contributed by atoms with Crippen LogP contribution < -0.4 is 5.56 Å². The summed E-state index contributed by atoms with van der Waals surface area (Å²) in [5, 5.41) is 1.26. The fraction of sp³-hybridized carbons (Fsp3) is 0.526. The van der Waals surface area contributed by atoms with Crippen molar-refractivity contribution in [3.63, 3.8) is 0 Å². The van der Waals surface area contributed by atoms with Gasteiger partial charge < -0.3 is 4.90 Å². The van der Waals surface area contributed by atoms with Crippen LogP contribution in [0.25, 0.3) is 10.2 Å². The summed E-state index contributed by atoms with van der Waals surface area (Å²) in [4.78, 5) is 33.9. The van der Waals surface area contributed by atoms with Crippen LogP contribution in [0.5, 0.6) is 0 Å². The smallest absolute Gasteiger partial charge is 0.263 e. The van der Waals surface area contributed by atoms with E-state index in [0.29, 0.717) is 28.8 Å². The van der Waals surface area contributed by atoms with Crippen LogP contribution in [0.1, 0.15) is 31.6 Å². The average Bonchev–Trinajstić information content (AvgIpc) is 3.06. The molecule has 1 fully saturated rings. The first-order valence-corrected chi connectivity index (χ1v) is 10.9. The third kappa shape index (κ3) is 4.04. The van der Waals surface area contributed by atoms with Crippen molar-refractivity contribution in [3.8, 4) is 0 Å². The predicted molar refractivity (Wildman–Crippen MR) is 109 cm³/mol. The lowest BCUT2D eigenvalue weighted by atomic mass is 10.0. The number of carbonyl (C=O) groups is 1. The number of hydrogen-bond donors (Lipinski definition) is 0. The number of thioether (sulfide) groups is 1. The van der Waals surface area contributed by atoms with Crippen molar-refractivity contribution >= 4 is 39.2 Å². The number of piperidine rings is 1. The van der Waals surface area contributed by atoms with Gasteiger partial charge in [0.1, 0.15) is 4.83 Å². The number of nitrogens with zero attached hydrogens (tertiary/aromatic N) is 3. The molecule has 0 saturated carbocycles. The molecular formula is C19H25N3O2S2. The second-order valence-corrected chi connectivity index (χ2v) is 8.82. The molecule has 0 radical (unpaired) electrons. The lowest BCUT2D eigenvalue weighted by Crippen LogP contribution is -2.40. The first-order valence-electron chi connectivity index (χ1n) is 9.08. The Labute approximate surface area is 162 Å². The molecule has 0 spiro atoms. The SMILES string of the molecule is C=CCn1c(SCC(=O)N2CCC[C@@H](C)C2)nc2sc(CC)cc2c1=O. The third-order valence-electron chi connectivity index (χ3n) is 4.66. The van der Waals surface area contributed by atoms with Crippen molar-refractivity contribution in [2.45, 2.75) is 44.8 Å². The first kappa shape index (κ1) is 19.2. The molecule has 1 atom stereocenters. The maximum atomic E-state index is 12.8. The summed E-state index contributed by atoms with van der Waals surface area (Å²) in [6.07, 6.45) is 4.83. The maximum absolute atomic E-state index is 12.8. The van der Waals surface area contributed by atoms with Gasteiger partial charge in [0.2, 0.25) is 5.91 Å². The Morgan fingerprint density at radius 1 is 1.54 bits per heavy atom. The van der Waals surface area contributed by atoms with Gasteiger partial charge in [-0.25, -0.2) is 4.98 Å². The average molecular weight is 392 g/mol. The minimum absolute atomic E-state index is 0.0487. The highest BCUT2D eigenvalue weighted by molar-refractivity contribution is 7.99. The van der Waals surface area contributed by atoms with E-state index in [9.17, 15) is 9.59 Å². The standard InChI is InChI=1S/C19H25N3O2S2/c1-4-8-22-18(24)15-10-14(5-2)26-17(15)20-19(22)25-12-16(23)21-9-6-7-13(3)11-21/h4,10,13H,1,5-9,11-12H2,2-3H3/t13-/m1/s1. The van der Waals surface area contributed by atoms with E-state index in [1.807, 2.05) is 11.0 Å². The summed E-state index contributed by atoms with van der Waals surface area (Å²) < 4.78 is 1.62. The van der Waals surface area contributed by atoms with E-state index in [2.05, 4.69) is 25.4 Å². The topological polar surface area (TPSA) is 55.2 Å². The van der Waals surface area contributed by atoms with Crippen LogP contribution in [0.15, 0.2) is 28.7 Å². The first-order chi connectivity index (χ1) is 12.5. The number of hydrogen-bond acceptors (Lipinski definition) is 5. The quantitative estimate of drug-likeness (QED) is 0.429. The van der Waals surface area contributed by atoms with Crippen LogP contribution in [0.2, 0.25) is 0 Å². The molecule has 26 heavy (non-hydrogen) atoms. The number of aryl methyl sites for hydroxylation is 1. The summed E-state index contributed by atoms with van der Waals surface area (Å²) in [5.74, 6) is 1.000. The zero-order chi connectivity index (χ0) is 18.7. The number of rotatable bonds is 6. The van der Waals surface area contributed by atoms with Crippen LogP contribution >= 0.6 is 23.1 Å². The van der Waals surface area contributed by atoms with E-state index in [4.69, 9.17) is 0 Å². The van der Waals surface area contributed by atoms with Gasteiger partial charge in [0.25, 0.3) is 5.56 Å². The lowest BCUT2D eigenvalue weighted by Gasteiger charge is -2.30. The van der Waals surface area contributed by atoms with Gasteiger partial charge in [0, 0.05) is 24.5 Å². The molecule has 1 amide bonds. The minimum Gasteiger partial charge on any atom is -0.342 e. The Kier molecular flexibility index (Phi) is 6.19. The molecule has 7 heteroatoms. The van der Waals surface area contributed by atoms with Gasteiger partial charge in [-0.2, -0.15) is 0 Å². The summed E-state index contributed by atoms with van der Waals surface area (Å²) in [6.45, 7) is 10.1. The maximum Gasteiger partial charge on any atom is 0.263 e. The van der Waals surface area contributed by atoms with Gasteiger partial charge in [0.15, 0.2) is 5.16 Å². The normalized spacial score (nSPS) is 17.6. The summed E-state index contributed by atoms with van der Waals surface area (Å²) in [6, 6.07) is 1.93. The van der Waals surface area contributed by atoms with Gasteiger partial charge in [-0.1, -0.05) is 31.7 Å². The van der Waals surface area contributed by atoms with E-state index in [0.717, 1.165) is 35.6 Å². The Morgan fingerprint density at radius 3 is 3.04 bits per heavy atom. The molecule has 0 unspecified atom stereocenters. The zero-order valence-corrected chi connectivity index (χ0v) is 17.0. The fourth-order valence-corrected chi connectivity index (χ4v) is 5.17. The molecule has 1 aliphatic rings. The van der Waals surface area contributed by atoms with Gasteiger partial charge in [0.05, 0.1) is 11.1 Å². The summed E-state index contributed by atoms with van der Waals surface area (Å²) >= 11 is 2.91. The molecule has 1 aliphatic heterocycles. The van der Waals surface area contributed by atoms with Crippen LogP contribution in [0, 0.1) is 5.92 Å². The highest BCUT2D eigenvalue weighted by atomic mass is 32.2. The number of allylic oxidation sites excluding steroid dienone is 1. The van der Waals surface area contributed by atoms with E-state index >= 15 is 0 Å². The molecule has 0 aromatic carbocycles. The number of likely N-dealkylation sites (tertiary alicyclic amines) is 1. The number of carbonyl (C=O) groups excluding carboxylic acids is 1. The monoisotopic (exact) mass is 391 g/mol. The van der Waals surface area contributed by atoms with Crippen LogP contribution in [-0.4, -0.2) is 39.2 Å². The van der Waals surface area contributed by atoms with Crippen LogP contribution in [0.4, 0.5) is 0 Å². The Balaban J connectivity index is 1.83. The Hall–Kier alpha value is -1.60. The molecule has 2 aromatic heterocycles. The third-order valence-corrected chi connectivity index (χ3v) is 6.80. The summed E-state index contributed by atoms with van der Waals surface area (Å²) in [7, 11) is 0. The van der Waals surface area contributed by atoms with Gasteiger partial charge >= 0.3 is 0 Å². The molecule has 0 bridgehead atoms. The van der Waals surface area contributed by atoms with Crippen molar-refractivity contribution in [3.05, 3.63) is 34.0 Å². The highest BCUT2D eigenvalue weighted by Gasteiger charge is 2.22. The molecule has 3 rings (SSSR count). The Bertz CT molecular complexity index is 872. The molecular weight excluding hydrogens is 366 g/mol. The van der Waals surface area contributed by atoms with Gasteiger partial charge in [-0.15, -0.1) is 17.9 Å². The van der Waals surface area contributed by atoms with Gasteiger partial charge in [-0.3, -0.25) is 14.2 Å². The number of amides is 1. The Morgan fingerprint density at radius 2 is 2.35 bits per heavy atom.